The Hall–Kier alpha value is -2.34. The molecular weight excluding hydrogens is 319 g/mol. The van der Waals surface area contributed by atoms with Crippen molar-refractivity contribution in [3.05, 3.63) is 53.6 Å². The van der Waals surface area contributed by atoms with Crippen LogP contribution in [-0.2, 0) is 10.4 Å². The molecule has 3 nitrogen and oxygen atoms in total. The minimum atomic E-state index is -4.85. The summed E-state index contributed by atoms with van der Waals surface area (Å²) in [5, 5.41) is 13.1. The minimum Gasteiger partial charge on any atom is -0.372 e. The first-order valence-electron chi connectivity index (χ1n) is 7.50. The molecule has 2 aromatic carbocycles. The van der Waals surface area contributed by atoms with Gasteiger partial charge in [-0.2, -0.15) is 13.2 Å². The van der Waals surface area contributed by atoms with Crippen molar-refractivity contribution in [2.45, 2.75) is 25.6 Å². The van der Waals surface area contributed by atoms with Crippen molar-refractivity contribution in [2.24, 2.45) is 5.92 Å². The molecular formula is C18H16F3NO2. The van der Waals surface area contributed by atoms with Gasteiger partial charge in [0.25, 0.3) is 0 Å². The quantitative estimate of drug-likeness (QED) is 0.869. The number of rotatable bonds is 2. The maximum atomic E-state index is 13.6. The van der Waals surface area contributed by atoms with E-state index < -0.39 is 11.8 Å². The van der Waals surface area contributed by atoms with E-state index in [1.165, 1.54) is 36.4 Å². The lowest BCUT2D eigenvalue weighted by molar-refractivity contribution is -0.246. The summed E-state index contributed by atoms with van der Waals surface area (Å²) in [5.41, 5.74) is -2.48. The van der Waals surface area contributed by atoms with Gasteiger partial charge in [-0.3, -0.25) is 4.79 Å². The highest BCUT2D eigenvalue weighted by molar-refractivity contribution is 5.94. The van der Waals surface area contributed by atoms with Crippen molar-refractivity contribution < 1.29 is 23.1 Å². The normalized spacial score (nSPS) is 19.1. The van der Waals surface area contributed by atoms with E-state index in [-0.39, 0.29) is 28.5 Å². The zero-order valence-electron chi connectivity index (χ0n) is 13.1. The molecule has 0 bridgehead atoms. The van der Waals surface area contributed by atoms with Gasteiger partial charge >= 0.3 is 6.18 Å². The fraction of sp³-hybridized carbons (Fsp3) is 0.278. The molecule has 0 spiro atoms. The standard InChI is InChI=1S/C18H16F3NO2/c1-10(2)16(23)22-11-7-8-15-13(9-11)12-5-3-4-6-14(12)17(15,24)18(19,20)21/h3-10,24H,1-2H3,(H,22,23). The van der Waals surface area contributed by atoms with Gasteiger partial charge in [0, 0.05) is 22.7 Å². The Labute approximate surface area is 137 Å². The number of anilines is 1. The summed E-state index contributed by atoms with van der Waals surface area (Å²) in [7, 11) is 0. The van der Waals surface area contributed by atoms with Gasteiger partial charge in [-0.15, -0.1) is 0 Å². The van der Waals surface area contributed by atoms with Crippen LogP contribution in [0.25, 0.3) is 11.1 Å². The third-order valence-corrected chi connectivity index (χ3v) is 4.22. The summed E-state index contributed by atoms with van der Waals surface area (Å²) in [6, 6.07) is 9.95. The molecule has 2 aromatic rings. The van der Waals surface area contributed by atoms with E-state index in [0.29, 0.717) is 11.3 Å². The summed E-state index contributed by atoms with van der Waals surface area (Å²) in [6.45, 7) is 3.45. The van der Waals surface area contributed by atoms with Gasteiger partial charge in [-0.05, 0) is 23.3 Å². The summed E-state index contributed by atoms with van der Waals surface area (Å²) in [6.07, 6.45) is -4.85. The Morgan fingerprint density at radius 1 is 1.08 bits per heavy atom. The van der Waals surface area contributed by atoms with Gasteiger partial charge in [0.1, 0.15) is 0 Å². The third kappa shape index (κ3) is 2.29. The second-order valence-corrected chi connectivity index (χ2v) is 6.16. The summed E-state index contributed by atoms with van der Waals surface area (Å²) < 4.78 is 40.8. The highest BCUT2D eigenvalue weighted by Crippen LogP contribution is 2.55. The second kappa shape index (κ2) is 5.34. The van der Waals surface area contributed by atoms with Crippen LogP contribution in [0.4, 0.5) is 18.9 Å². The highest BCUT2D eigenvalue weighted by atomic mass is 19.4. The smallest absolute Gasteiger partial charge is 0.372 e. The average Bonchev–Trinajstić information content (AvgIpc) is 2.78. The Morgan fingerprint density at radius 3 is 2.33 bits per heavy atom. The maximum absolute atomic E-state index is 13.6. The first-order valence-corrected chi connectivity index (χ1v) is 7.50. The van der Waals surface area contributed by atoms with Gasteiger partial charge < -0.3 is 10.4 Å². The number of amides is 1. The van der Waals surface area contributed by atoms with Crippen LogP contribution in [0.3, 0.4) is 0 Å². The monoisotopic (exact) mass is 335 g/mol. The van der Waals surface area contributed by atoms with Gasteiger partial charge in [0.2, 0.25) is 11.5 Å². The molecule has 0 saturated carbocycles. The lowest BCUT2D eigenvalue weighted by Gasteiger charge is -2.28. The van der Waals surface area contributed by atoms with Crippen molar-refractivity contribution in [1.82, 2.24) is 0 Å². The van der Waals surface area contributed by atoms with E-state index in [1.54, 1.807) is 19.9 Å². The summed E-state index contributed by atoms with van der Waals surface area (Å²) in [5.74, 6) is -0.482. The van der Waals surface area contributed by atoms with Gasteiger partial charge in [0.15, 0.2) is 0 Å². The van der Waals surface area contributed by atoms with Crippen LogP contribution >= 0.6 is 0 Å². The van der Waals surface area contributed by atoms with Crippen LogP contribution in [-0.4, -0.2) is 17.2 Å². The second-order valence-electron chi connectivity index (χ2n) is 6.16. The van der Waals surface area contributed by atoms with Crippen LogP contribution in [0, 0.1) is 5.92 Å². The van der Waals surface area contributed by atoms with Crippen molar-refractivity contribution in [1.29, 1.82) is 0 Å². The number of hydrogen-bond donors (Lipinski definition) is 2. The number of halogens is 3. The van der Waals surface area contributed by atoms with Crippen molar-refractivity contribution >= 4 is 11.6 Å². The van der Waals surface area contributed by atoms with Crippen LogP contribution < -0.4 is 5.32 Å². The molecule has 24 heavy (non-hydrogen) atoms. The molecule has 1 atom stereocenters. The number of aliphatic hydroxyl groups is 1. The zero-order valence-corrected chi connectivity index (χ0v) is 13.1. The molecule has 0 aliphatic heterocycles. The van der Waals surface area contributed by atoms with E-state index in [1.807, 2.05) is 0 Å². The Balaban J connectivity index is 2.16. The molecule has 1 aliphatic carbocycles. The number of hydrogen-bond acceptors (Lipinski definition) is 2. The van der Waals surface area contributed by atoms with Gasteiger partial charge in [0.05, 0.1) is 0 Å². The minimum absolute atomic E-state index is 0.195. The summed E-state index contributed by atoms with van der Waals surface area (Å²) in [4.78, 5) is 11.8. The first kappa shape index (κ1) is 16.5. The molecule has 3 rings (SSSR count). The Bertz CT molecular complexity index is 814. The van der Waals surface area contributed by atoms with E-state index >= 15 is 0 Å². The number of alkyl halides is 3. The lowest BCUT2D eigenvalue weighted by atomic mass is 9.91. The number of carbonyl (C=O) groups is 1. The van der Waals surface area contributed by atoms with Crippen molar-refractivity contribution in [2.75, 3.05) is 5.32 Å². The number of fused-ring (bicyclic) bond motifs is 3. The number of nitrogens with one attached hydrogen (secondary N) is 1. The average molecular weight is 335 g/mol. The van der Waals surface area contributed by atoms with Crippen LogP contribution in [0.2, 0.25) is 0 Å². The lowest BCUT2D eigenvalue weighted by Crippen LogP contribution is -2.41. The van der Waals surface area contributed by atoms with E-state index in [9.17, 15) is 23.1 Å². The van der Waals surface area contributed by atoms with Crippen LogP contribution in [0.15, 0.2) is 42.5 Å². The molecule has 1 amide bonds. The number of carbonyl (C=O) groups excluding carboxylic acids is 1. The van der Waals surface area contributed by atoms with Gasteiger partial charge in [-0.25, -0.2) is 0 Å². The van der Waals surface area contributed by atoms with Gasteiger partial charge in [-0.1, -0.05) is 44.2 Å². The van der Waals surface area contributed by atoms with Crippen LogP contribution in [0.1, 0.15) is 25.0 Å². The predicted molar refractivity (Wildman–Crippen MR) is 84.4 cm³/mol. The molecule has 0 radical (unpaired) electrons. The molecule has 0 saturated heterocycles. The summed E-state index contributed by atoms with van der Waals surface area (Å²) >= 11 is 0. The third-order valence-electron chi connectivity index (χ3n) is 4.22. The largest absolute Gasteiger partial charge is 0.425 e. The molecule has 0 heterocycles. The molecule has 0 aromatic heterocycles. The topological polar surface area (TPSA) is 49.3 Å². The zero-order chi connectivity index (χ0) is 17.7. The predicted octanol–water partition coefficient (Wildman–Crippen LogP) is 4.06. The molecule has 2 N–H and O–H groups in total. The fourth-order valence-corrected chi connectivity index (χ4v) is 2.93. The van der Waals surface area contributed by atoms with Crippen molar-refractivity contribution in [3.8, 4) is 11.1 Å². The Morgan fingerprint density at radius 2 is 1.71 bits per heavy atom. The first-order chi connectivity index (χ1) is 11.2. The highest BCUT2D eigenvalue weighted by Gasteiger charge is 2.60. The molecule has 1 unspecified atom stereocenters. The van der Waals surface area contributed by atoms with Crippen LogP contribution in [0.5, 0.6) is 0 Å². The Kier molecular flexibility index (Phi) is 3.68. The fourth-order valence-electron chi connectivity index (χ4n) is 2.93. The van der Waals surface area contributed by atoms with E-state index in [4.69, 9.17) is 0 Å². The van der Waals surface area contributed by atoms with Crippen molar-refractivity contribution in [3.63, 3.8) is 0 Å². The molecule has 126 valence electrons. The molecule has 6 heteroatoms. The maximum Gasteiger partial charge on any atom is 0.425 e. The van der Waals surface area contributed by atoms with E-state index in [2.05, 4.69) is 5.32 Å². The molecule has 0 fully saturated rings. The SMILES string of the molecule is CC(C)C(=O)Nc1ccc2c(c1)-c1ccccc1C2(O)C(F)(F)F. The number of benzene rings is 2. The van der Waals surface area contributed by atoms with E-state index in [0.717, 1.165) is 0 Å². The molecule has 1 aliphatic rings.